The molecule has 0 bridgehead atoms. The van der Waals surface area contributed by atoms with E-state index < -0.39 is 6.10 Å². The van der Waals surface area contributed by atoms with Crippen LogP contribution in [0.4, 0.5) is 0 Å². The predicted molar refractivity (Wildman–Crippen MR) is 94.6 cm³/mol. The van der Waals surface area contributed by atoms with Gasteiger partial charge in [-0.2, -0.15) is 0 Å². The topological polar surface area (TPSA) is 38.3 Å². The molecule has 0 aliphatic heterocycles. The van der Waals surface area contributed by atoms with Crippen LogP contribution in [0.25, 0.3) is 0 Å². The number of amides is 1. The lowest BCUT2D eigenvalue weighted by Crippen LogP contribution is -2.36. The van der Waals surface area contributed by atoms with E-state index in [0.29, 0.717) is 27.4 Å². The molecule has 2 rings (SSSR count). The van der Waals surface area contributed by atoms with Crippen molar-refractivity contribution in [2.45, 2.75) is 26.5 Å². The van der Waals surface area contributed by atoms with Gasteiger partial charge in [-0.3, -0.25) is 4.79 Å². The van der Waals surface area contributed by atoms with Crippen LogP contribution in [-0.4, -0.2) is 12.0 Å². The number of benzene rings is 2. The van der Waals surface area contributed by atoms with Gasteiger partial charge >= 0.3 is 0 Å². The van der Waals surface area contributed by atoms with Gasteiger partial charge in [-0.25, -0.2) is 0 Å². The van der Waals surface area contributed by atoms with Crippen molar-refractivity contribution in [2.24, 2.45) is 0 Å². The number of carbonyl (C=O) groups is 1. The van der Waals surface area contributed by atoms with Gasteiger partial charge in [0.05, 0.1) is 10.0 Å². The molecule has 0 spiro atoms. The zero-order chi connectivity index (χ0) is 17.0. The molecule has 0 fully saturated rings. The molecule has 6 heteroatoms. The van der Waals surface area contributed by atoms with Gasteiger partial charge in [0, 0.05) is 11.6 Å². The molecule has 1 N–H and O–H groups in total. The van der Waals surface area contributed by atoms with Crippen molar-refractivity contribution in [3.63, 3.8) is 0 Å². The van der Waals surface area contributed by atoms with E-state index in [1.165, 1.54) is 0 Å². The zero-order valence-corrected chi connectivity index (χ0v) is 15.0. The summed E-state index contributed by atoms with van der Waals surface area (Å²) in [4.78, 5) is 12.1. The number of hydrogen-bond acceptors (Lipinski definition) is 2. The van der Waals surface area contributed by atoms with E-state index in [2.05, 4.69) is 5.32 Å². The SMILES string of the molecule is Cc1cc(Cl)ccc1O[C@@H](C)C(=O)NCc1ccc(Cl)c(Cl)c1. The molecule has 0 heterocycles. The Morgan fingerprint density at radius 3 is 2.52 bits per heavy atom. The molecule has 1 amide bonds. The minimum absolute atomic E-state index is 0.217. The zero-order valence-electron chi connectivity index (χ0n) is 12.7. The third kappa shape index (κ3) is 5.03. The smallest absolute Gasteiger partial charge is 0.261 e. The third-order valence-electron chi connectivity index (χ3n) is 3.26. The highest BCUT2D eigenvalue weighted by molar-refractivity contribution is 6.42. The largest absolute Gasteiger partial charge is 0.481 e. The third-order valence-corrected chi connectivity index (χ3v) is 4.23. The summed E-state index contributed by atoms with van der Waals surface area (Å²) in [7, 11) is 0. The maximum atomic E-state index is 12.1. The minimum atomic E-state index is -0.627. The molecule has 0 aliphatic carbocycles. The first-order chi connectivity index (χ1) is 10.9. The average Bonchev–Trinajstić information content (AvgIpc) is 2.50. The minimum Gasteiger partial charge on any atom is -0.481 e. The summed E-state index contributed by atoms with van der Waals surface area (Å²) in [5.41, 5.74) is 1.74. The highest BCUT2D eigenvalue weighted by Gasteiger charge is 2.15. The summed E-state index contributed by atoms with van der Waals surface area (Å²) in [5.74, 6) is 0.414. The van der Waals surface area contributed by atoms with Crippen LogP contribution >= 0.6 is 34.8 Å². The molecule has 3 nitrogen and oxygen atoms in total. The fourth-order valence-electron chi connectivity index (χ4n) is 1.97. The standard InChI is InChI=1S/C17H16Cl3NO2/c1-10-7-13(18)4-6-16(10)23-11(2)17(22)21-9-12-3-5-14(19)15(20)8-12/h3-8,11H,9H2,1-2H3,(H,21,22)/t11-/m0/s1. The lowest BCUT2D eigenvalue weighted by atomic mass is 10.2. The van der Waals surface area contributed by atoms with Gasteiger partial charge < -0.3 is 10.1 Å². The molecule has 0 unspecified atom stereocenters. The van der Waals surface area contributed by atoms with E-state index >= 15 is 0 Å². The van der Waals surface area contributed by atoms with Crippen LogP contribution < -0.4 is 10.1 Å². The molecular weight excluding hydrogens is 357 g/mol. The Morgan fingerprint density at radius 1 is 1.13 bits per heavy atom. The van der Waals surface area contributed by atoms with Crippen molar-refractivity contribution in [1.29, 1.82) is 0 Å². The molecule has 2 aromatic carbocycles. The van der Waals surface area contributed by atoms with Gasteiger partial charge in [0.1, 0.15) is 5.75 Å². The van der Waals surface area contributed by atoms with Crippen molar-refractivity contribution >= 4 is 40.7 Å². The van der Waals surface area contributed by atoms with Crippen LogP contribution in [0.3, 0.4) is 0 Å². The van der Waals surface area contributed by atoms with Crippen LogP contribution in [0.5, 0.6) is 5.75 Å². The van der Waals surface area contributed by atoms with Crippen LogP contribution in [-0.2, 0) is 11.3 Å². The van der Waals surface area contributed by atoms with Gasteiger partial charge in [-0.15, -0.1) is 0 Å². The molecule has 122 valence electrons. The lowest BCUT2D eigenvalue weighted by Gasteiger charge is -2.16. The quantitative estimate of drug-likeness (QED) is 0.798. The highest BCUT2D eigenvalue weighted by Crippen LogP contribution is 2.23. The fourth-order valence-corrected chi connectivity index (χ4v) is 2.52. The molecule has 2 aromatic rings. The number of ether oxygens (including phenoxy) is 1. The van der Waals surface area contributed by atoms with Crippen molar-refractivity contribution in [3.8, 4) is 5.75 Å². The summed E-state index contributed by atoms with van der Waals surface area (Å²) >= 11 is 17.7. The van der Waals surface area contributed by atoms with E-state index in [4.69, 9.17) is 39.5 Å². The van der Waals surface area contributed by atoms with E-state index in [1.54, 1.807) is 37.3 Å². The highest BCUT2D eigenvalue weighted by atomic mass is 35.5. The Labute approximate surface area is 150 Å². The summed E-state index contributed by atoms with van der Waals surface area (Å²) in [6.45, 7) is 3.92. The molecule has 0 aliphatic rings. The normalized spacial score (nSPS) is 11.9. The van der Waals surface area contributed by atoms with Crippen molar-refractivity contribution in [2.75, 3.05) is 0 Å². The maximum Gasteiger partial charge on any atom is 0.261 e. The van der Waals surface area contributed by atoms with Crippen LogP contribution in [0, 0.1) is 6.92 Å². The van der Waals surface area contributed by atoms with Crippen LogP contribution in [0.2, 0.25) is 15.1 Å². The Bertz CT molecular complexity index is 719. The number of rotatable bonds is 5. The van der Waals surface area contributed by atoms with Crippen molar-refractivity contribution in [1.82, 2.24) is 5.32 Å². The van der Waals surface area contributed by atoms with E-state index in [9.17, 15) is 4.79 Å². The second-order valence-corrected chi connectivity index (χ2v) is 6.39. The van der Waals surface area contributed by atoms with Gasteiger partial charge in [0.2, 0.25) is 0 Å². The Morgan fingerprint density at radius 2 is 1.87 bits per heavy atom. The van der Waals surface area contributed by atoms with Gasteiger partial charge in [-0.1, -0.05) is 40.9 Å². The summed E-state index contributed by atoms with van der Waals surface area (Å²) < 4.78 is 5.68. The second kappa shape index (κ2) is 7.91. The van der Waals surface area contributed by atoms with Gasteiger partial charge in [0.25, 0.3) is 5.91 Å². The van der Waals surface area contributed by atoms with Gasteiger partial charge in [0.15, 0.2) is 6.10 Å². The summed E-state index contributed by atoms with van der Waals surface area (Å²) in [6.07, 6.45) is -0.627. The van der Waals surface area contributed by atoms with Crippen LogP contribution in [0.1, 0.15) is 18.1 Å². The van der Waals surface area contributed by atoms with E-state index in [0.717, 1.165) is 11.1 Å². The van der Waals surface area contributed by atoms with Crippen molar-refractivity contribution in [3.05, 3.63) is 62.6 Å². The second-order valence-electron chi connectivity index (χ2n) is 5.14. The summed E-state index contributed by atoms with van der Waals surface area (Å²) in [6, 6.07) is 10.5. The molecular formula is C17H16Cl3NO2. The van der Waals surface area contributed by atoms with E-state index in [-0.39, 0.29) is 5.91 Å². The first-order valence-electron chi connectivity index (χ1n) is 7.01. The number of halogens is 3. The fraction of sp³-hybridized carbons (Fsp3) is 0.235. The number of hydrogen-bond donors (Lipinski definition) is 1. The van der Waals surface area contributed by atoms with Crippen molar-refractivity contribution < 1.29 is 9.53 Å². The molecule has 1 atom stereocenters. The Hall–Kier alpha value is -1.42. The maximum absolute atomic E-state index is 12.1. The van der Waals surface area contributed by atoms with Crippen LogP contribution in [0.15, 0.2) is 36.4 Å². The molecule has 0 saturated heterocycles. The average molecular weight is 373 g/mol. The molecule has 0 aromatic heterocycles. The Balaban J connectivity index is 1.93. The van der Waals surface area contributed by atoms with E-state index in [1.807, 2.05) is 13.0 Å². The Kier molecular flexibility index (Phi) is 6.17. The number of carbonyl (C=O) groups excluding carboxylic acids is 1. The first-order valence-corrected chi connectivity index (χ1v) is 8.14. The number of nitrogens with one attached hydrogen (secondary N) is 1. The summed E-state index contributed by atoms with van der Waals surface area (Å²) in [5, 5.41) is 4.38. The molecule has 0 radical (unpaired) electrons. The number of aryl methyl sites for hydroxylation is 1. The first kappa shape index (κ1) is 17.9. The predicted octanol–water partition coefficient (Wildman–Crippen LogP) is 5.04. The molecule has 0 saturated carbocycles. The van der Waals surface area contributed by atoms with Gasteiger partial charge in [-0.05, 0) is 55.3 Å². The lowest BCUT2D eigenvalue weighted by molar-refractivity contribution is -0.127. The monoisotopic (exact) mass is 371 g/mol. The molecule has 23 heavy (non-hydrogen) atoms.